The van der Waals surface area contributed by atoms with Crippen LogP contribution in [-0.4, -0.2) is 10.9 Å². The maximum atomic E-state index is 12.5. The van der Waals surface area contributed by atoms with E-state index in [1.54, 1.807) is 12.1 Å². The summed E-state index contributed by atoms with van der Waals surface area (Å²) in [5.41, 5.74) is 4.67. The Morgan fingerprint density at radius 2 is 1.72 bits per heavy atom. The molecule has 4 heteroatoms. The molecule has 1 N–H and O–H groups in total. The molecule has 122 valence electrons. The predicted molar refractivity (Wildman–Crippen MR) is 98.6 cm³/mol. The summed E-state index contributed by atoms with van der Waals surface area (Å²) in [6, 6.07) is 22.5. The largest absolute Gasteiger partial charge is 0.436 e. The van der Waals surface area contributed by atoms with Gasteiger partial charge < -0.3 is 9.73 Å². The number of aromatic nitrogens is 1. The predicted octanol–water partition coefficient (Wildman–Crippen LogP) is 5.06. The lowest BCUT2D eigenvalue weighted by Crippen LogP contribution is -2.12. The Hall–Kier alpha value is -3.40. The van der Waals surface area contributed by atoms with Crippen LogP contribution in [0.4, 0.5) is 5.69 Å². The fraction of sp³-hybridized carbons (Fsp3) is 0.0476. The summed E-state index contributed by atoms with van der Waals surface area (Å²) in [4.78, 5) is 17.0. The Bertz CT molecular complexity index is 1050. The van der Waals surface area contributed by atoms with Gasteiger partial charge >= 0.3 is 0 Å². The van der Waals surface area contributed by atoms with E-state index in [2.05, 4.69) is 10.3 Å². The van der Waals surface area contributed by atoms with E-state index < -0.39 is 0 Å². The quantitative estimate of drug-likeness (QED) is 0.572. The van der Waals surface area contributed by atoms with Crippen LogP contribution in [0.3, 0.4) is 0 Å². The normalized spacial score (nSPS) is 10.8. The Morgan fingerprint density at radius 1 is 0.960 bits per heavy atom. The summed E-state index contributed by atoms with van der Waals surface area (Å²) in [5.74, 6) is 0.324. The van der Waals surface area contributed by atoms with E-state index in [4.69, 9.17) is 4.42 Å². The number of nitrogens with one attached hydrogen (secondary N) is 1. The molecule has 1 amide bonds. The van der Waals surface area contributed by atoms with Crippen molar-refractivity contribution in [3.05, 3.63) is 83.9 Å². The van der Waals surface area contributed by atoms with Crippen molar-refractivity contribution in [1.29, 1.82) is 0 Å². The van der Waals surface area contributed by atoms with E-state index in [9.17, 15) is 4.79 Å². The number of hydrogen-bond donors (Lipinski definition) is 1. The molecule has 0 saturated carbocycles. The third-order valence-electron chi connectivity index (χ3n) is 3.98. The van der Waals surface area contributed by atoms with Gasteiger partial charge in [-0.2, -0.15) is 0 Å². The maximum absolute atomic E-state index is 12.5. The number of carbonyl (C=O) groups is 1. The van der Waals surface area contributed by atoms with Crippen molar-refractivity contribution in [3.8, 4) is 11.5 Å². The molecule has 0 saturated heterocycles. The zero-order chi connectivity index (χ0) is 17.2. The molecule has 0 aliphatic heterocycles. The molecule has 0 radical (unpaired) electrons. The zero-order valence-electron chi connectivity index (χ0n) is 13.7. The number of hydrogen-bond acceptors (Lipinski definition) is 3. The second-order valence-electron chi connectivity index (χ2n) is 5.86. The monoisotopic (exact) mass is 328 g/mol. The second kappa shape index (κ2) is 6.24. The standard InChI is InChI=1S/C21H16N2O2/c1-14-11-12-19-18(13-14)23-21(25-19)16-9-5-6-10-17(16)22-20(24)15-7-3-2-4-8-15/h2-13H,1H3,(H,22,24). The van der Waals surface area contributed by atoms with Crippen LogP contribution in [0.1, 0.15) is 15.9 Å². The summed E-state index contributed by atoms with van der Waals surface area (Å²) >= 11 is 0. The number of benzene rings is 3. The minimum absolute atomic E-state index is 0.167. The van der Waals surface area contributed by atoms with Gasteiger partial charge in [-0.3, -0.25) is 4.79 Å². The van der Waals surface area contributed by atoms with Gasteiger partial charge in [-0.1, -0.05) is 36.4 Å². The minimum Gasteiger partial charge on any atom is -0.436 e. The molecule has 0 fully saturated rings. The fourth-order valence-electron chi connectivity index (χ4n) is 2.72. The van der Waals surface area contributed by atoms with Crippen LogP contribution in [-0.2, 0) is 0 Å². The minimum atomic E-state index is -0.167. The molecular weight excluding hydrogens is 312 g/mol. The summed E-state index contributed by atoms with van der Waals surface area (Å²) in [5, 5.41) is 2.94. The van der Waals surface area contributed by atoms with Gasteiger partial charge in [-0.15, -0.1) is 0 Å². The van der Waals surface area contributed by atoms with Crippen molar-refractivity contribution < 1.29 is 9.21 Å². The fourth-order valence-corrected chi connectivity index (χ4v) is 2.72. The van der Waals surface area contributed by atoms with Gasteiger partial charge in [0, 0.05) is 5.56 Å². The number of amides is 1. The zero-order valence-corrected chi connectivity index (χ0v) is 13.7. The van der Waals surface area contributed by atoms with Gasteiger partial charge in [0.2, 0.25) is 5.89 Å². The lowest BCUT2D eigenvalue weighted by Gasteiger charge is -2.08. The van der Waals surface area contributed by atoms with Gasteiger partial charge in [0.05, 0.1) is 11.3 Å². The molecule has 0 atom stereocenters. The molecule has 0 aliphatic carbocycles. The number of fused-ring (bicyclic) bond motifs is 1. The number of anilines is 1. The van der Waals surface area contributed by atoms with Gasteiger partial charge in [-0.25, -0.2) is 4.98 Å². The highest BCUT2D eigenvalue weighted by Gasteiger charge is 2.14. The number of aryl methyl sites for hydroxylation is 1. The number of para-hydroxylation sites is 1. The molecule has 0 unspecified atom stereocenters. The van der Waals surface area contributed by atoms with Crippen molar-refractivity contribution in [3.63, 3.8) is 0 Å². The third-order valence-corrected chi connectivity index (χ3v) is 3.98. The Labute approximate surface area is 145 Å². The summed E-state index contributed by atoms with van der Waals surface area (Å²) < 4.78 is 5.87. The Balaban J connectivity index is 1.72. The van der Waals surface area contributed by atoms with E-state index in [-0.39, 0.29) is 5.91 Å². The lowest BCUT2D eigenvalue weighted by atomic mass is 10.1. The number of nitrogens with zero attached hydrogens (tertiary/aromatic N) is 1. The van der Waals surface area contributed by atoms with E-state index in [1.807, 2.05) is 67.6 Å². The molecule has 4 aromatic rings. The van der Waals surface area contributed by atoms with Crippen LogP contribution in [0, 0.1) is 6.92 Å². The van der Waals surface area contributed by atoms with Crippen molar-refractivity contribution in [1.82, 2.24) is 4.98 Å². The number of oxazole rings is 1. The van der Waals surface area contributed by atoms with E-state index in [0.29, 0.717) is 17.1 Å². The first-order valence-corrected chi connectivity index (χ1v) is 8.04. The van der Waals surface area contributed by atoms with Gasteiger partial charge in [0.15, 0.2) is 5.58 Å². The average molecular weight is 328 g/mol. The summed E-state index contributed by atoms with van der Waals surface area (Å²) in [7, 11) is 0. The van der Waals surface area contributed by atoms with Gasteiger partial charge in [0.1, 0.15) is 5.52 Å². The van der Waals surface area contributed by atoms with Crippen LogP contribution in [0.5, 0.6) is 0 Å². The molecule has 3 aromatic carbocycles. The molecular formula is C21H16N2O2. The average Bonchev–Trinajstić information content (AvgIpc) is 3.06. The highest BCUT2D eigenvalue weighted by atomic mass is 16.3. The van der Waals surface area contributed by atoms with E-state index in [0.717, 1.165) is 22.2 Å². The molecule has 0 bridgehead atoms. The molecule has 4 nitrogen and oxygen atoms in total. The highest BCUT2D eigenvalue weighted by molar-refractivity contribution is 6.06. The number of carbonyl (C=O) groups excluding carboxylic acids is 1. The van der Waals surface area contributed by atoms with Crippen molar-refractivity contribution in [2.45, 2.75) is 6.92 Å². The molecule has 4 rings (SSSR count). The van der Waals surface area contributed by atoms with E-state index >= 15 is 0 Å². The van der Waals surface area contributed by atoms with Gasteiger partial charge in [0.25, 0.3) is 5.91 Å². The SMILES string of the molecule is Cc1ccc2oc(-c3ccccc3NC(=O)c3ccccc3)nc2c1. The van der Waals surface area contributed by atoms with Gasteiger partial charge in [-0.05, 0) is 48.9 Å². The first kappa shape index (κ1) is 15.1. The molecule has 0 spiro atoms. The smallest absolute Gasteiger partial charge is 0.255 e. The first-order valence-electron chi connectivity index (χ1n) is 8.04. The van der Waals surface area contributed by atoms with Crippen LogP contribution in [0.15, 0.2) is 77.2 Å². The van der Waals surface area contributed by atoms with Crippen LogP contribution in [0.2, 0.25) is 0 Å². The second-order valence-corrected chi connectivity index (χ2v) is 5.86. The molecule has 25 heavy (non-hydrogen) atoms. The molecule has 1 aromatic heterocycles. The van der Waals surface area contributed by atoms with Crippen molar-refractivity contribution in [2.75, 3.05) is 5.32 Å². The third kappa shape index (κ3) is 3.02. The van der Waals surface area contributed by atoms with Crippen molar-refractivity contribution >= 4 is 22.7 Å². The lowest BCUT2D eigenvalue weighted by molar-refractivity contribution is 0.102. The summed E-state index contributed by atoms with van der Waals surface area (Å²) in [6.45, 7) is 2.02. The molecule has 0 aliphatic rings. The van der Waals surface area contributed by atoms with E-state index in [1.165, 1.54) is 0 Å². The van der Waals surface area contributed by atoms with Crippen LogP contribution < -0.4 is 5.32 Å². The molecule has 1 heterocycles. The number of rotatable bonds is 3. The van der Waals surface area contributed by atoms with Crippen molar-refractivity contribution in [2.24, 2.45) is 0 Å². The first-order chi connectivity index (χ1) is 12.2. The van der Waals surface area contributed by atoms with Crippen LogP contribution in [0.25, 0.3) is 22.6 Å². The maximum Gasteiger partial charge on any atom is 0.255 e. The summed E-state index contributed by atoms with van der Waals surface area (Å²) in [6.07, 6.45) is 0. The van der Waals surface area contributed by atoms with Crippen LogP contribution >= 0.6 is 0 Å². The highest BCUT2D eigenvalue weighted by Crippen LogP contribution is 2.30. The topological polar surface area (TPSA) is 55.1 Å². The Kier molecular flexibility index (Phi) is 3.78. The Morgan fingerprint density at radius 3 is 2.56 bits per heavy atom.